The molecule has 0 bridgehead atoms. The number of halogens is 1. The first-order chi connectivity index (χ1) is 13.5. The molecule has 0 saturated heterocycles. The van der Waals surface area contributed by atoms with Gasteiger partial charge in [-0.2, -0.15) is 5.10 Å². The highest BCUT2D eigenvalue weighted by atomic mass is 35.5. The molecular formula is C19H21ClN2O6. The van der Waals surface area contributed by atoms with Crippen molar-refractivity contribution < 1.29 is 28.5 Å². The summed E-state index contributed by atoms with van der Waals surface area (Å²) >= 11 is 6.15. The van der Waals surface area contributed by atoms with Gasteiger partial charge in [0.25, 0.3) is 5.91 Å². The van der Waals surface area contributed by atoms with Crippen LogP contribution in [0, 0.1) is 0 Å². The minimum Gasteiger partial charge on any atom is -0.493 e. The van der Waals surface area contributed by atoms with Crippen molar-refractivity contribution in [3.8, 4) is 28.7 Å². The molecule has 0 aromatic heterocycles. The van der Waals surface area contributed by atoms with Crippen LogP contribution in [0.3, 0.4) is 0 Å². The van der Waals surface area contributed by atoms with Crippen LogP contribution >= 0.6 is 11.6 Å². The third-order valence-electron chi connectivity index (χ3n) is 3.76. The molecule has 0 atom stereocenters. The Morgan fingerprint density at radius 1 is 0.857 bits per heavy atom. The fraction of sp³-hybridized carbons (Fsp3) is 0.263. The molecule has 9 heteroatoms. The van der Waals surface area contributed by atoms with Crippen LogP contribution in [0.5, 0.6) is 28.7 Å². The lowest BCUT2D eigenvalue weighted by Crippen LogP contribution is -2.18. The SMILES string of the molecule is COc1cc(/C=N\NC(=O)c2cc(OC)c(OC)c(OC)c2)cc(Cl)c1OC. The van der Waals surface area contributed by atoms with E-state index >= 15 is 0 Å². The van der Waals surface area contributed by atoms with E-state index in [1.54, 1.807) is 12.1 Å². The van der Waals surface area contributed by atoms with Crippen LogP contribution in [0.1, 0.15) is 15.9 Å². The number of carbonyl (C=O) groups excluding carboxylic acids is 1. The van der Waals surface area contributed by atoms with Crippen molar-refractivity contribution in [3.63, 3.8) is 0 Å². The van der Waals surface area contributed by atoms with E-state index in [1.165, 1.54) is 53.9 Å². The van der Waals surface area contributed by atoms with E-state index in [0.29, 0.717) is 39.3 Å². The first-order valence-electron chi connectivity index (χ1n) is 8.03. The van der Waals surface area contributed by atoms with Crippen LogP contribution in [0.4, 0.5) is 0 Å². The van der Waals surface area contributed by atoms with Gasteiger partial charge in [-0.1, -0.05) is 11.6 Å². The molecule has 8 nitrogen and oxygen atoms in total. The average molecular weight is 409 g/mol. The van der Waals surface area contributed by atoms with Gasteiger partial charge in [-0.15, -0.1) is 0 Å². The standard InChI is InChI=1S/C19H21ClN2O6/c1-24-14-7-11(6-13(20)17(14)27-4)10-21-22-19(23)12-8-15(25-2)18(28-5)16(9-12)26-3/h6-10H,1-5H3,(H,22,23)/b21-10-. The summed E-state index contributed by atoms with van der Waals surface area (Å²) < 4.78 is 26.1. The van der Waals surface area contributed by atoms with Gasteiger partial charge in [-0.05, 0) is 29.8 Å². The van der Waals surface area contributed by atoms with Crippen molar-refractivity contribution in [2.24, 2.45) is 5.10 Å². The molecule has 2 aromatic carbocycles. The predicted molar refractivity (Wildman–Crippen MR) is 106 cm³/mol. The lowest BCUT2D eigenvalue weighted by molar-refractivity contribution is 0.0954. The van der Waals surface area contributed by atoms with E-state index in [0.717, 1.165) is 0 Å². The van der Waals surface area contributed by atoms with Gasteiger partial charge in [-0.3, -0.25) is 4.79 Å². The van der Waals surface area contributed by atoms with Crippen LogP contribution in [0.25, 0.3) is 0 Å². The van der Waals surface area contributed by atoms with E-state index < -0.39 is 5.91 Å². The molecule has 0 unspecified atom stereocenters. The quantitative estimate of drug-likeness (QED) is 0.533. The third-order valence-corrected chi connectivity index (χ3v) is 4.04. The largest absolute Gasteiger partial charge is 0.493 e. The van der Waals surface area contributed by atoms with Gasteiger partial charge >= 0.3 is 0 Å². The summed E-state index contributed by atoms with van der Waals surface area (Å²) in [5.41, 5.74) is 3.34. The number of rotatable bonds is 8. The molecular weight excluding hydrogens is 388 g/mol. The van der Waals surface area contributed by atoms with Gasteiger partial charge in [0.15, 0.2) is 23.0 Å². The Morgan fingerprint density at radius 3 is 1.89 bits per heavy atom. The molecule has 1 N–H and O–H groups in total. The maximum atomic E-state index is 12.4. The lowest BCUT2D eigenvalue weighted by Gasteiger charge is -2.13. The molecule has 1 amide bonds. The highest BCUT2D eigenvalue weighted by Crippen LogP contribution is 2.38. The summed E-state index contributed by atoms with van der Waals surface area (Å²) in [6.45, 7) is 0. The molecule has 0 aliphatic heterocycles. The molecule has 28 heavy (non-hydrogen) atoms. The van der Waals surface area contributed by atoms with Crippen molar-refractivity contribution in [2.75, 3.05) is 35.5 Å². The Labute approximate surface area is 167 Å². The molecule has 0 saturated carbocycles. The van der Waals surface area contributed by atoms with Crippen molar-refractivity contribution >= 4 is 23.7 Å². The van der Waals surface area contributed by atoms with Crippen molar-refractivity contribution in [1.29, 1.82) is 0 Å². The minimum atomic E-state index is -0.456. The highest BCUT2D eigenvalue weighted by Gasteiger charge is 2.16. The maximum absolute atomic E-state index is 12.4. The zero-order valence-corrected chi connectivity index (χ0v) is 16.9. The van der Waals surface area contributed by atoms with Gasteiger partial charge < -0.3 is 23.7 Å². The predicted octanol–water partition coefficient (Wildman–Crippen LogP) is 3.15. The number of methoxy groups -OCH3 is 5. The Bertz CT molecular complexity index is 860. The Morgan fingerprint density at radius 2 is 1.39 bits per heavy atom. The molecule has 2 rings (SSSR count). The van der Waals surface area contributed by atoms with E-state index in [1.807, 2.05) is 0 Å². The number of hydrogen-bond acceptors (Lipinski definition) is 7. The van der Waals surface area contributed by atoms with Crippen LogP contribution in [-0.4, -0.2) is 47.7 Å². The fourth-order valence-corrected chi connectivity index (χ4v) is 2.75. The fourth-order valence-electron chi connectivity index (χ4n) is 2.45. The number of carbonyl (C=O) groups is 1. The Hall–Kier alpha value is -3.13. The van der Waals surface area contributed by atoms with Gasteiger partial charge in [0, 0.05) is 5.56 Å². The number of benzene rings is 2. The van der Waals surface area contributed by atoms with Crippen LogP contribution in [-0.2, 0) is 0 Å². The Balaban J connectivity index is 2.21. The normalized spacial score (nSPS) is 10.5. The number of hydrazone groups is 1. The first-order valence-corrected chi connectivity index (χ1v) is 8.41. The van der Waals surface area contributed by atoms with Gasteiger partial charge in [-0.25, -0.2) is 5.43 Å². The second kappa shape index (κ2) is 9.70. The van der Waals surface area contributed by atoms with Crippen molar-refractivity contribution in [3.05, 3.63) is 40.4 Å². The monoisotopic (exact) mass is 408 g/mol. The summed E-state index contributed by atoms with van der Waals surface area (Å²) in [5, 5.41) is 4.31. The van der Waals surface area contributed by atoms with E-state index in [4.69, 9.17) is 35.3 Å². The summed E-state index contributed by atoms with van der Waals surface area (Å²) in [6.07, 6.45) is 1.43. The zero-order chi connectivity index (χ0) is 20.7. The molecule has 0 heterocycles. The van der Waals surface area contributed by atoms with Gasteiger partial charge in [0.05, 0.1) is 46.8 Å². The molecule has 2 aromatic rings. The number of amides is 1. The molecule has 0 radical (unpaired) electrons. The average Bonchev–Trinajstić information content (AvgIpc) is 2.71. The topological polar surface area (TPSA) is 87.6 Å². The van der Waals surface area contributed by atoms with Crippen LogP contribution < -0.4 is 29.1 Å². The summed E-state index contributed by atoms with van der Waals surface area (Å²) in [7, 11) is 7.42. The van der Waals surface area contributed by atoms with Crippen molar-refractivity contribution in [1.82, 2.24) is 5.43 Å². The first kappa shape index (κ1) is 21.2. The smallest absolute Gasteiger partial charge is 0.271 e. The Kier molecular flexibility index (Phi) is 7.34. The van der Waals surface area contributed by atoms with Crippen molar-refractivity contribution in [2.45, 2.75) is 0 Å². The summed E-state index contributed by atoms with van der Waals surface area (Å²) in [6, 6.07) is 6.37. The van der Waals surface area contributed by atoms with Crippen LogP contribution in [0.2, 0.25) is 5.02 Å². The van der Waals surface area contributed by atoms with E-state index in [-0.39, 0.29) is 5.56 Å². The maximum Gasteiger partial charge on any atom is 0.271 e. The van der Waals surface area contributed by atoms with Crippen LogP contribution in [0.15, 0.2) is 29.4 Å². The second-order valence-corrected chi connectivity index (χ2v) is 5.76. The highest BCUT2D eigenvalue weighted by molar-refractivity contribution is 6.32. The zero-order valence-electron chi connectivity index (χ0n) is 16.2. The number of ether oxygens (including phenoxy) is 5. The molecule has 150 valence electrons. The second-order valence-electron chi connectivity index (χ2n) is 5.35. The molecule has 0 aliphatic rings. The van der Waals surface area contributed by atoms with Gasteiger partial charge in [0.2, 0.25) is 5.75 Å². The summed E-state index contributed by atoms with van der Waals surface area (Å²) in [4.78, 5) is 12.4. The van der Waals surface area contributed by atoms with E-state index in [9.17, 15) is 4.79 Å². The number of nitrogens with one attached hydrogen (secondary N) is 1. The van der Waals surface area contributed by atoms with E-state index in [2.05, 4.69) is 10.5 Å². The third kappa shape index (κ3) is 4.58. The molecule has 0 aliphatic carbocycles. The minimum absolute atomic E-state index is 0.289. The number of hydrogen-bond donors (Lipinski definition) is 1. The molecule has 0 spiro atoms. The van der Waals surface area contributed by atoms with Gasteiger partial charge in [0.1, 0.15) is 0 Å². The summed E-state index contributed by atoms with van der Waals surface area (Å²) in [5.74, 6) is 1.53. The molecule has 0 fully saturated rings. The lowest BCUT2D eigenvalue weighted by atomic mass is 10.1. The number of nitrogens with zero attached hydrogens (tertiary/aromatic N) is 1.